The maximum Gasteiger partial charge on any atom is 0.0497 e. The predicted molar refractivity (Wildman–Crippen MR) is 73.7 cm³/mol. The molecule has 2 heteroatoms. The first-order valence-electron chi connectivity index (χ1n) is 6.61. The van der Waals surface area contributed by atoms with Crippen LogP contribution in [0.2, 0.25) is 5.02 Å². The summed E-state index contributed by atoms with van der Waals surface area (Å²) in [5.74, 6) is 0. The molecule has 1 aliphatic carbocycles. The molecule has 0 unspecified atom stereocenters. The van der Waals surface area contributed by atoms with Crippen LogP contribution in [-0.2, 0) is 0 Å². The van der Waals surface area contributed by atoms with Gasteiger partial charge in [-0.05, 0) is 36.4 Å². The molecule has 2 aromatic rings. The van der Waals surface area contributed by atoms with Crippen molar-refractivity contribution < 1.29 is 0 Å². The number of nitrogens with zero attached hydrogens (tertiary/aromatic N) is 1. The summed E-state index contributed by atoms with van der Waals surface area (Å²) in [6.45, 7) is 0. The highest BCUT2D eigenvalue weighted by Gasteiger charge is 2.15. The molecule has 0 bridgehead atoms. The number of fused-ring (bicyclic) bond motifs is 1. The third kappa shape index (κ3) is 2.21. The van der Waals surface area contributed by atoms with Gasteiger partial charge in [0.25, 0.3) is 0 Å². The Kier molecular flexibility index (Phi) is 3.11. The van der Waals surface area contributed by atoms with Crippen molar-refractivity contribution in [3.63, 3.8) is 0 Å². The van der Waals surface area contributed by atoms with E-state index in [2.05, 4.69) is 29.0 Å². The lowest BCUT2D eigenvalue weighted by atomic mass is 10.1. The van der Waals surface area contributed by atoms with Crippen LogP contribution in [0.25, 0.3) is 10.9 Å². The van der Waals surface area contributed by atoms with Crippen molar-refractivity contribution in [3.05, 3.63) is 35.5 Å². The summed E-state index contributed by atoms with van der Waals surface area (Å²) in [5, 5.41) is 2.14. The smallest absolute Gasteiger partial charge is 0.0497 e. The summed E-state index contributed by atoms with van der Waals surface area (Å²) < 4.78 is 2.44. The van der Waals surface area contributed by atoms with E-state index in [1.54, 1.807) is 0 Å². The van der Waals surface area contributed by atoms with Crippen LogP contribution >= 0.6 is 11.6 Å². The summed E-state index contributed by atoms with van der Waals surface area (Å²) in [6, 6.07) is 9.07. The maximum absolute atomic E-state index is 6.11. The second-order valence-electron chi connectivity index (χ2n) is 5.07. The number of aromatic nitrogens is 1. The molecule has 1 nitrogen and oxygen atoms in total. The van der Waals surface area contributed by atoms with Crippen molar-refractivity contribution in [2.45, 2.75) is 44.6 Å². The average Bonchev–Trinajstić information content (AvgIpc) is 2.58. The molecule has 0 saturated heterocycles. The van der Waals surface area contributed by atoms with Crippen molar-refractivity contribution >= 4 is 22.5 Å². The van der Waals surface area contributed by atoms with Gasteiger partial charge in [-0.2, -0.15) is 0 Å². The molecule has 0 spiro atoms. The molecule has 0 aliphatic heterocycles. The zero-order chi connectivity index (χ0) is 11.7. The fraction of sp³-hybridized carbons (Fsp3) is 0.467. The molecule has 3 rings (SSSR count). The van der Waals surface area contributed by atoms with Gasteiger partial charge in [0, 0.05) is 22.8 Å². The second kappa shape index (κ2) is 4.73. The Morgan fingerprint density at radius 3 is 2.53 bits per heavy atom. The minimum atomic E-state index is 0.675. The minimum absolute atomic E-state index is 0.675. The number of rotatable bonds is 1. The Morgan fingerprint density at radius 1 is 1.00 bits per heavy atom. The first-order chi connectivity index (χ1) is 8.34. The van der Waals surface area contributed by atoms with Crippen LogP contribution in [0.3, 0.4) is 0 Å². The quantitative estimate of drug-likeness (QED) is 0.611. The first-order valence-corrected chi connectivity index (χ1v) is 6.98. The highest BCUT2D eigenvalue weighted by molar-refractivity contribution is 6.31. The second-order valence-corrected chi connectivity index (χ2v) is 5.51. The Balaban J connectivity index is 2.00. The van der Waals surface area contributed by atoms with Crippen LogP contribution < -0.4 is 0 Å². The van der Waals surface area contributed by atoms with E-state index >= 15 is 0 Å². The summed E-state index contributed by atoms with van der Waals surface area (Å²) in [5.41, 5.74) is 1.30. The SMILES string of the molecule is Clc1ccc2ccn(C3CCCCCC3)c2c1. The van der Waals surface area contributed by atoms with Crippen molar-refractivity contribution in [2.75, 3.05) is 0 Å². The van der Waals surface area contributed by atoms with Gasteiger partial charge in [0.1, 0.15) is 0 Å². The van der Waals surface area contributed by atoms with Gasteiger partial charge < -0.3 is 4.57 Å². The summed E-state index contributed by atoms with van der Waals surface area (Å²) in [6.07, 6.45) is 10.4. The molecule has 1 aromatic carbocycles. The van der Waals surface area contributed by atoms with Crippen molar-refractivity contribution in [2.24, 2.45) is 0 Å². The molecule has 17 heavy (non-hydrogen) atoms. The Bertz CT molecular complexity index is 507. The normalized spacial score (nSPS) is 18.4. The lowest BCUT2D eigenvalue weighted by Crippen LogP contribution is -2.06. The molecule has 1 heterocycles. The number of hydrogen-bond donors (Lipinski definition) is 0. The van der Waals surface area contributed by atoms with Gasteiger partial charge in [-0.15, -0.1) is 0 Å². The third-order valence-electron chi connectivity index (χ3n) is 3.90. The van der Waals surface area contributed by atoms with Crippen molar-refractivity contribution in [3.8, 4) is 0 Å². The van der Waals surface area contributed by atoms with Gasteiger partial charge in [-0.25, -0.2) is 0 Å². The fourth-order valence-corrected chi connectivity index (χ4v) is 3.14. The number of hydrogen-bond acceptors (Lipinski definition) is 0. The van der Waals surface area contributed by atoms with Gasteiger partial charge in [0.05, 0.1) is 0 Å². The van der Waals surface area contributed by atoms with E-state index in [9.17, 15) is 0 Å². The fourth-order valence-electron chi connectivity index (χ4n) is 2.98. The first kappa shape index (κ1) is 11.2. The molecule has 1 fully saturated rings. The lowest BCUT2D eigenvalue weighted by molar-refractivity contribution is 0.456. The van der Waals surface area contributed by atoms with E-state index in [0.29, 0.717) is 6.04 Å². The Hall–Kier alpha value is -0.950. The van der Waals surface area contributed by atoms with Crippen LogP contribution in [-0.4, -0.2) is 4.57 Å². The maximum atomic E-state index is 6.11. The van der Waals surface area contributed by atoms with E-state index < -0.39 is 0 Å². The molecular weight excluding hydrogens is 230 g/mol. The van der Waals surface area contributed by atoms with E-state index in [1.165, 1.54) is 49.4 Å². The number of halogens is 1. The Morgan fingerprint density at radius 2 is 1.76 bits per heavy atom. The molecular formula is C15H18ClN. The van der Waals surface area contributed by atoms with Crippen LogP contribution in [0.4, 0.5) is 0 Å². The summed E-state index contributed by atoms with van der Waals surface area (Å²) in [4.78, 5) is 0. The van der Waals surface area contributed by atoms with Gasteiger partial charge >= 0.3 is 0 Å². The monoisotopic (exact) mass is 247 g/mol. The molecule has 1 aliphatic rings. The summed E-state index contributed by atoms with van der Waals surface area (Å²) in [7, 11) is 0. The van der Waals surface area contributed by atoms with Gasteiger partial charge in [-0.1, -0.05) is 43.4 Å². The molecule has 1 aromatic heterocycles. The summed E-state index contributed by atoms with van der Waals surface area (Å²) >= 11 is 6.11. The molecule has 0 N–H and O–H groups in total. The third-order valence-corrected chi connectivity index (χ3v) is 4.14. The molecule has 90 valence electrons. The predicted octanol–water partition coefficient (Wildman–Crippen LogP) is 5.19. The van der Waals surface area contributed by atoms with Crippen molar-refractivity contribution in [1.82, 2.24) is 4.57 Å². The lowest BCUT2D eigenvalue weighted by Gasteiger charge is -2.17. The van der Waals surface area contributed by atoms with E-state index in [-0.39, 0.29) is 0 Å². The Labute approximate surface area is 107 Å². The topological polar surface area (TPSA) is 4.93 Å². The molecule has 0 amide bonds. The number of benzene rings is 1. The van der Waals surface area contributed by atoms with E-state index in [4.69, 9.17) is 11.6 Å². The minimum Gasteiger partial charge on any atom is -0.344 e. The van der Waals surface area contributed by atoms with E-state index in [1.807, 2.05) is 6.07 Å². The highest BCUT2D eigenvalue weighted by atomic mass is 35.5. The van der Waals surface area contributed by atoms with Crippen LogP contribution in [0.15, 0.2) is 30.5 Å². The zero-order valence-electron chi connectivity index (χ0n) is 10.0. The van der Waals surface area contributed by atoms with Crippen molar-refractivity contribution in [1.29, 1.82) is 0 Å². The highest BCUT2D eigenvalue weighted by Crippen LogP contribution is 2.31. The standard InChI is InChI=1S/C15H18ClN/c16-13-8-7-12-9-10-17(15(12)11-13)14-5-3-1-2-4-6-14/h7-11,14H,1-6H2. The average molecular weight is 248 g/mol. The molecule has 0 atom stereocenters. The molecule has 1 saturated carbocycles. The van der Waals surface area contributed by atoms with Crippen LogP contribution in [0, 0.1) is 0 Å². The molecule has 0 radical (unpaired) electrons. The van der Waals surface area contributed by atoms with Gasteiger partial charge in [0.2, 0.25) is 0 Å². The largest absolute Gasteiger partial charge is 0.344 e. The van der Waals surface area contributed by atoms with Gasteiger partial charge in [0.15, 0.2) is 0 Å². The van der Waals surface area contributed by atoms with Crippen LogP contribution in [0.5, 0.6) is 0 Å². The van der Waals surface area contributed by atoms with E-state index in [0.717, 1.165) is 5.02 Å². The van der Waals surface area contributed by atoms with Crippen LogP contribution in [0.1, 0.15) is 44.6 Å². The van der Waals surface area contributed by atoms with Gasteiger partial charge in [-0.3, -0.25) is 0 Å². The zero-order valence-corrected chi connectivity index (χ0v) is 10.8.